The molecule has 0 atom stereocenters. The van der Waals surface area contributed by atoms with Gasteiger partial charge in [0.05, 0.1) is 24.6 Å². The third-order valence-electron chi connectivity index (χ3n) is 4.60. The molecule has 132 valence electrons. The Labute approximate surface area is 153 Å². The van der Waals surface area contributed by atoms with Gasteiger partial charge in [0.1, 0.15) is 11.4 Å². The van der Waals surface area contributed by atoms with Gasteiger partial charge in [0, 0.05) is 17.6 Å². The zero-order chi connectivity index (χ0) is 18.4. The second-order valence-corrected chi connectivity index (χ2v) is 6.12. The number of imidazole rings is 1. The molecule has 0 bridgehead atoms. The molecule has 0 aliphatic heterocycles. The summed E-state index contributed by atoms with van der Waals surface area (Å²) in [6, 6.07) is 18.7. The molecule has 3 heterocycles. The lowest BCUT2D eigenvalue weighted by atomic mass is 10.2. The molecule has 0 aliphatic rings. The summed E-state index contributed by atoms with van der Waals surface area (Å²) >= 11 is 0. The fourth-order valence-electron chi connectivity index (χ4n) is 3.36. The maximum atomic E-state index is 13.5. The zero-order valence-corrected chi connectivity index (χ0v) is 14.5. The second-order valence-electron chi connectivity index (χ2n) is 6.12. The van der Waals surface area contributed by atoms with E-state index in [9.17, 15) is 4.79 Å². The van der Waals surface area contributed by atoms with Crippen LogP contribution in [-0.4, -0.2) is 21.1 Å². The lowest BCUT2D eigenvalue weighted by Gasteiger charge is -2.05. The first-order valence-electron chi connectivity index (χ1n) is 8.47. The smallest absolute Gasteiger partial charge is 0.339 e. The van der Waals surface area contributed by atoms with Crippen molar-refractivity contribution in [3.05, 3.63) is 83.6 Å². The number of hydrogen-bond donors (Lipinski definition) is 0. The Morgan fingerprint density at radius 3 is 2.63 bits per heavy atom. The normalized spacial score (nSPS) is 11.3. The van der Waals surface area contributed by atoms with E-state index < -0.39 is 0 Å². The van der Waals surface area contributed by atoms with Crippen molar-refractivity contribution in [2.75, 3.05) is 7.11 Å². The van der Waals surface area contributed by atoms with E-state index in [0.717, 1.165) is 16.6 Å². The van der Waals surface area contributed by atoms with Gasteiger partial charge in [0.2, 0.25) is 0 Å². The Morgan fingerprint density at radius 2 is 1.89 bits per heavy atom. The van der Waals surface area contributed by atoms with E-state index in [1.54, 1.807) is 34.6 Å². The summed E-state index contributed by atoms with van der Waals surface area (Å²) in [4.78, 5) is 18.0. The quantitative estimate of drug-likeness (QED) is 0.491. The Kier molecular flexibility index (Phi) is 3.36. The molecule has 0 amide bonds. The van der Waals surface area contributed by atoms with Crippen LogP contribution in [0.15, 0.2) is 82.3 Å². The van der Waals surface area contributed by atoms with Gasteiger partial charge >= 0.3 is 5.69 Å². The second kappa shape index (κ2) is 5.88. The maximum absolute atomic E-state index is 13.5. The highest BCUT2D eigenvalue weighted by molar-refractivity contribution is 5.85. The summed E-state index contributed by atoms with van der Waals surface area (Å²) in [5, 5.41) is 0.849. The standard InChI is InChI=1S/C21H15N3O3/c1-26-16-10-9-14-13-22-20-19(18-8-5-11-27-18)23(15-6-3-2-4-7-15)21(25)24(20)17(14)12-16/h2-13H,1H3. The summed E-state index contributed by atoms with van der Waals surface area (Å²) in [7, 11) is 1.60. The van der Waals surface area contributed by atoms with Gasteiger partial charge in [-0.1, -0.05) is 18.2 Å². The lowest BCUT2D eigenvalue weighted by molar-refractivity contribution is 0.415. The van der Waals surface area contributed by atoms with Gasteiger partial charge in [-0.3, -0.25) is 4.57 Å². The van der Waals surface area contributed by atoms with Crippen molar-refractivity contribution >= 4 is 16.6 Å². The molecule has 0 spiro atoms. The van der Waals surface area contributed by atoms with Crippen molar-refractivity contribution in [2.24, 2.45) is 0 Å². The van der Waals surface area contributed by atoms with Crippen LogP contribution in [0.2, 0.25) is 0 Å². The minimum atomic E-state index is -0.214. The molecule has 0 unspecified atom stereocenters. The lowest BCUT2D eigenvalue weighted by Crippen LogP contribution is -2.19. The van der Waals surface area contributed by atoms with Crippen LogP contribution in [0.4, 0.5) is 0 Å². The van der Waals surface area contributed by atoms with Gasteiger partial charge in [-0.05, 0) is 36.4 Å². The Bertz CT molecular complexity index is 1320. The van der Waals surface area contributed by atoms with E-state index >= 15 is 0 Å². The summed E-state index contributed by atoms with van der Waals surface area (Å²) in [5.74, 6) is 1.25. The van der Waals surface area contributed by atoms with Crippen LogP contribution in [0, 0.1) is 0 Å². The molecule has 2 aromatic carbocycles. The third kappa shape index (κ3) is 2.27. The van der Waals surface area contributed by atoms with E-state index in [0.29, 0.717) is 22.9 Å². The molecule has 0 aliphatic carbocycles. The molecule has 5 rings (SSSR count). The topological polar surface area (TPSA) is 61.7 Å². The molecule has 3 aromatic heterocycles. The minimum absolute atomic E-state index is 0.214. The predicted octanol–water partition coefficient (Wildman–Crippen LogP) is 3.91. The van der Waals surface area contributed by atoms with Crippen molar-refractivity contribution < 1.29 is 9.15 Å². The fraction of sp³-hybridized carbons (Fsp3) is 0.0476. The van der Waals surface area contributed by atoms with E-state index in [-0.39, 0.29) is 5.69 Å². The molecule has 0 radical (unpaired) electrons. The van der Waals surface area contributed by atoms with Crippen LogP contribution in [0.3, 0.4) is 0 Å². The van der Waals surface area contributed by atoms with Gasteiger partial charge in [0.25, 0.3) is 0 Å². The molecule has 0 saturated carbocycles. The van der Waals surface area contributed by atoms with Crippen molar-refractivity contribution in [3.8, 4) is 22.9 Å². The highest BCUT2D eigenvalue weighted by Crippen LogP contribution is 2.29. The number of hydrogen-bond acceptors (Lipinski definition) is 4. The Morgan fingerprint density at radius 1 is 1.04 bits per heavy atom. The summed E-state index contributed by atoms with van der Waals surface area (Å²) in [6.07, 6.45) is 3.34. The molecule has 0 fully saturated rings. The van der Waals surface area contributed by atoms with Crippen LogP contribution in [0.1, 0.15) is 0 Å². The zero-order valence-electron chi connectivity index (χ0n) is 14.5. The number of ether oxygens (including phenoxy) is 1. The first-order valence-corrected chi connectivity index (χ1v) is 8.47. The monoisotopic (exact) mass is 357 g/mol. The highest BCUT2D eigenvalue weighted by Gasteiger charge is 2.22. The van der Waals surface area contributed by atoms with Gasteiger partial charge in [0.15, 0.2) is 11.4 Å². The largest absolute Gasteiger partial charge is 0.497 e. The first-order chi connectivity index (χ1) is 13.3. The SMILES string of the molecule is COc1ccc2cnc3c(-c4ccco4)n(-c4ccccc4)c(=O)n3c2c1. The Balaban J connectivity index is 1.99. The highest BCUT2D eigenvalue weighted by atomic mass is 16.5. The average Bonchev–Trinajstić information content (AvgIpc) is 3.34. The number of para-hydroxylation sites is 1. The Hall–Kier alpha value is -3.80. The molecular formula is C21H15N3O3. The van der Waals surface area contributed by atoms with Gasteiger partial charge in [-0.15, -0.1) is 0 Å². The number of methoxy groups -OCH3 is 1. The van der Waals surface area contributed by atoms with E-state index in [4.69, 9.17) is 9.15 Å². The van der Waals surface area contributed by atoms with Gasteiger partial charge in [-0.2, -0.15) is 0 Å². The first kappa shape index (κ1) is 15.5. The predicted molar refractivity (Wildman–Crippen MR) is 103 cm³/mol. The number of aromatic nitrogens is 3. The molecule has 27 heavy (non-hydrogen) atoms. The van der Waals surface area contributed by atoms with Crippen LogP contribution in [0.5, 0.6) is 5.75 Å². The fourth-order valence-corrected chi connectivity index (χ4v) is 3.36. The van der Waals surface area contributed by atoms with Crippen molar-refractivity contribution in [3.63, 3.8) is 0 Å². The van der Waals surface area contributed by atoms with Gasteiger partial charge < -0.3 is 9.15 Å². The van der Waals surface area contributed by atoms with Gasteiger partial charge in [-0.25, -0.2) is 14.2 Å². The van der Waals surface area contributed by atoms with Crippen LogP contribution in [0.25, 0.3) is 33.7 Å². The van der Waals surface area contributed by atoms with Crippen LogP contribution < -0.4 is 10.4 Å². The molecule has 0 saturated heterocycles. The maximum Gasteiger partial charge on any atom is 0.339 e. The third-order valence-corrected chi connectivity index (χ3v) is 4.60. The molecule has 6 heteroatoms. The van der Waals surface area contributed by atoms with E-state index in [2.05, 4.69) is 4.98 Å². The molecule has 6 nitrogen and oxygen atoms in total. The van der Waals surface area contributed by atoms with E-state index in [1.165, 1.54) is 0 Å². The number of furan rings is 1. The number of benzene rings is 2. The molecule has 5 aromatic rings. The summed E-state index contributed by atoms with van der Waals surface area (Å²) < 4.78 is 14.2. The minimum Gasteiger partial charge on any atom is -0.497 e. The van der Waals surface area contributed by atoms with Crippen LogP contribution in [-0.2, 0) is 0 Å². The summed E-state index contributed by atoms with van der Waals surface area (Å²) in [5.41, 5.74) is 2.40. The molecular weight excluding hydrogens is 342 g/mol. The van der Waals surface area contributed by atoms with Crippen molar-refractivity contribution in [1.82, 2.24) is 14.0 Å². The van der Waals surface area contributed by atoms with Crippen LogP contribution >= 0.6 is 0 Å². The van der Waals surface area contributed by atoms with Crippen molar-refractivity contribution in [2.45, 2.75) is 0 Å². The average molecular weight is 357 g/mol. The number of rotatable bonds is 3. The van der Waals surface area contributed by atoms with Crippen molar-refractivity contribution in [1.29, 1.82) is 0 Å². The number of fused-ring (bicyclic) bond motifs is 3. The summed E-state index contributed by atoms with van der Waals surface area (Å²) in [6.45, 7) is 0. The van der Waals surface area contributed by atoms with E-state index in [1.807, 2.05) is 54.6 Å². The molecule has 0 N–H and O–H groups in total. The number of nitrogens with zero attached hydrogens (tertiary/aromatic N) is 3.